The summed E-state index contributed by atoms with van der Waals surface area (Å²) in [5.41, 5.74) is 5.33. The molecule has 0 bridgehead atoms. The highest BCUT2D eigenvalue weighted by atomic mass is 31.2. The maximum Gasteiger partial charge on any atom is 0.472 e. The van der Waals surface area contributed by atoms with Crippen LogP contribution < -0.4 is 5.73 Å². The van der Waals surface area contributed by atoms with E-state index in [0.29, 0.717) is 25.0 Å². The second-order valence-electron chi connectivity index (χ2n) is 15.2. The Balaban J connectivity index is 2.28. The lowest BCUT2D eigenvalue weighted by Gasteiger charge is -2.20. The van der Waals surface area contributed by atoms with Gasteiger partial charge in [0.25, 0.3) is 0 Å². The van der Waals surface area contributed by atoms with Crippen LogP contribution in [-0.2, 0) is 42.2 Å². The molecule has 1 fully saturated rings. The molecule has 1 rings (SSSR count). The molecule has 1 aliphatic rings. The van der Waals surface area contributed by atoms with Gasteiger partial charge in [-0.25, -0.2) is 4.57 Å². The number of phosphoric ester groups is 1. The fourth-order valence-electron chi connectivity index (χ4n) is 6.16. The van der Waals surface area contributed by atoms with Gasteiger partial charge in [-0.2, -0.15) is 0 Å². The van der Waals surface area contributed by atoms with Crippen LogP contribution in [0.5, 0.6) is 0 Å². The van der Waals surface area contributed by atoms with Gasteiger partial charge in [-0.3, -0.25) is 23.4 Å². The summed E-state index contributed by atoms with van der Waals surface area (Å²) in [5.74, 6) is -2.41. The van der Waals surface area contributed by atoms with Gasteiger partial charge in [-0.05, 0) is 70.6 Å². The zero-order valence-corrected chi connectivity index (χ0v) is 36.3. The Hall–Kier alpha value is -2.34. The fraction of sp³-hybridized carbons (Fsp3) is 0.795. The van der Waals surface area contributed by atoms with E-state index in [1.54, 1.807) is 0 Å². The molecule has 0 amide bonds. The van der Waals surface area contributed by atoms with E-state index in [9.17, 15) is 23.8 Å². The van der Waals surface area contributed by atoms with Gasteiger partial charge in [0.1, 0.15) is 12.6 Å². The summed E-state index contributed by atoms with van der Waals surface area (Å²) in [6, 6.07) is -1.53. The molecule has 3 unspecified atom stereocenters. The Morgan fingerprint density at radius 2 is 1.16 bits per heavy atom. The SMILES string of the molecule is CCCCC/C=C\C/C=C\CCCCCCCCCC(=O)OC[C@H](COP(=O)(O)OC[C@H](N)C(=O)O)OC(=O)CCCCCCC/C=C\CC1OC1CCCCC. The summed E-state index contributed by atoms with van der Waals surface area (Å²) in [5, 5.41) is 8.89. The minimum absolute atomic E-state index is 0.138. The number of carboxylic acid groups (broad SMARTS) is 1. The number of aliphatic carboxylic acids is 1. The number of allylic oxidation sites excluding steroid dienone is 5. The van der Waals surface area contributed by atoms with Crippen LogP contribution in [-0.4, -0.2) is 72.1 Å². The van der Waals surface area contributed by atoms with Crippen LogP contribution >= 0.6 is 7.82 Å². The predicted octanol–water partition coefficient (Wildman–Crippen LogP) is 10.6. The standard InChI is InChI=1S/C44H78NO11P/c1-3-5-7-8-9-10-11-12-13-14-15-16-17-18-22-25-29-33-42(46)52-35-38(36-53-57(50,51)54-37-39(45)44(48)49)55-43(47)34-30-26-23-20-19-21-24-28-32-41-40(56-41)31-27-6-4-2/h9-10,12-13,24,28,38-41H,3-8,11,14-23,25-27,29-37,45H2,1-2H3,(H,48,49)(H,50,51)/b10-9-,13-12-,28-24-/t38-,39+,40?,41?/m1/s1. The summed E-state index contributed by atoms with van der Waals surface area (Å²) in [7, 11) is -4.73. The molecule has 1 heterocycles. The van der Waals surface area contributed by atoms with Crippen molar-refractivity contribution >= 4 is 25.7 Å². The molecule has 1 aliphatic heterocycles. The Bertz CT molecular complexity index is 1180. The lowest BCUT2D eigenvalue weighted by molar-refractivity contribution is -0.161. The molecule has 0 aliphatic carbocycles. The van der Waals surface area contributed by atoms with Gasteiger partial charge in [0, 0.05) is 12.8 Å². The van der Waals surface area contributed by atoms with E-state index in [4.69, 9.17) is 29.6 Å². The summed E-state index contributed by atoms with van der Waals surface area (Å²) in [4.78, 5) is 46.0. The molecule has 0 aromatic heterocycles. The number of unbranched alkanes of at least 4 members (excludes halogenated alkanes) is 17. The average molecular weight is 828 g/mol. The van der Waals surface area contributed by atoms with Crippen molar-refractivity contribution in [1.82, 2.24) is 0 Å². The van der Waals surface area contributed by atoms with E-state index in [-0.39, 0.29) is 19.4 Å². The molecular weight excluding hydrogens is 749 g/mol. The van der Waals surface area contributed by atoms with Crippen molar-refractivity contribution in [2.24, 2.45) is 5.73 Å². The number of epoxide rings is 1. The van der Waals surface area contributed by atoms with E-state index in [2.05, 4.69) is 54.8 Å². The van der Waals surface area contributed by atoms with Crippen LogP contribution in [0.25, 0.3) is 0 Å². The molecule has 1 saturated heterocycles. The first kappa shape index (κ1) is 52.7. The Morgan fingerprint density at radius 3 is 1.75 bits per heavy atom. The van der Waals surface area contributed by atoms with Crippen molar-refractivity contribution in [2.75, 3.05) is 19.8 Å². The maximum absolute atomic E-state index is 12.6. The molecule has 13 heteroatoms. The molecule has 0 aromatic carbocycles. The summed E-state index contributed by atoms with van der Waals surface area (Å²) < 4.78 is 38.4. The van der Waals surface area contributed by atoms with Gasteiger partial charge >= 0.3 is 25.7 Å². The van der Waals surface area contributed by atoms with Gasteiger partial charge in [-0.1, -0.05) is 134 Å². The van der Waals surface area contributed by atoms with Crippen molar-refractivity contribution in [3.8, 4) is 0 Å². The number of esters is 2. The third-order valence-electron chi connectivity index (χ3n) is 9.78. The monoisotopic (exact) mass is 828 g/mol. The van der Waals surface area contributed by atoms with Gasteiger partial charge < -0.3 is 29.9 Å². The first-order chi connectivity index (χ1) is 27.6. The molecular formula is C44H78NO11P. The number of rotatable bonds is 40. The normalized spacial score (nSPS) is 17.6. The molecule has 0 spiro atoms. The quantitative estimate of drug-likeness (QED) is 0.0175. The van der Waals surface area contributed by atoms with Crippen molar-refractivity contribution in [3.63, 3.8) is 0 Å². The first-order valence-corrected chi connectivity index (χ1v) is 23.6. The number of carbonyl (C=O) groups is 3. The van der Waals surface area contributed by atoms with Crippen LogP contribution in [0.1, 0.15) is 181 Å². The van der Waals surface area contributed by atoms with E-state index >= 15 is 0 Å². The first-order valence-electron chi connectivity index (χ1n) is 22.1. The van der Waals surface area contributed by atoms with Crippen LogP contribution in [0.15, 0.2) is 36.5 Å². The zero-order chi connectivity index (χ0) is 41.8. The minimum Gasteiger partial charge on any atom is -0.480 e. The molecule has 12 nitrogen and oxygen atoms in total. The zero-order valence-electron chi connectivity index (χ0n) is 35.4. The molecule has 330 valence electrons. The number of ether oxygens (including phenoxy) is 3. The van der Waals surface area contributed by atoms with Crippen molar-refractivity contribution in [1.29, 1.82) is 0 Å². The third-order valence-corrected chi connectivity index (χ3v) is 10.7. The molecule has 0 saturated carbocycles. The van der Waals surface area contributed by atoms with E-state index in [0.717, 1.165) is 77.0 Å². The van der Waals surface area contributed by atoms with E-state index in [1.807, 2.05) is 0 Å². The highest BCUT2D eigenvalue weighted by Gasteiger charge is 2.36. The summed E-state index contributed by atoms with van der Waals surface area (Å²) >= 11 is 0. The van der Waals surface area contributed by atoms with E-state index < -0.39 is 51.1 Å². The van der Waals surface area contributed by atoms with Crippen molar-refractivity contribution < 1.29 is 52.2 Å². The number of hydrogen-bond acceptors (Lipinski definition) is 10. The van der Waals surface area contributed by atoms with Crippen LogP contribution in [0.4, 0.5) is 0 Å². The van der Waals surface area contributed by atoms with Crippen LogP contribution in [0.2, 0.25) is 0 Å². The Kier molecular flexibility index (Phi) is 32.9. The Labute approximate surface area is 344 Å². The van der Waals surface area contributed by atoms with Crippen molar-refractivity contribution in [3.05, 3.63) is 36.5 Å². The number of nitrogens with two attached hydrogens (primary N) is 1. The lowest BCUT2D eigenvalue weighted by atomic mass is 10.1. The fourth-order valence-corrected chi connectivity index (χ4v) is 6.94. The Morgan fingerprint density at radius 1 is 0.649 bits per heavy atom. The summed E-state index contributed by atoms with van der Waals surface area (Å²) in [6.07, 6.45) is 39.4. The average Bonchev–Trinajstić information content (AvgIpc) is 3.94. The second-order valence-corrected chi connectivity index (χ2v) is 16.7. The molecule has 57 heavy (non-hydrogen) atoms. The number of hydrogen-bond donors (Lipinski definition) is 3. The molecule has 0 aromatic rings. The van der Waals surface area contributed by atoms with Crippen LogP contribution in [0.3, 0.4) is 0 Å². The van der Waals surface area contributed by atoms with Gasteiger partial charge in [-0.15, -0.1) is 0 Å². The highest BCUT2D eigenvalue weighted by Crippen LogP contribution is 2.43. The highest BCUT2D eigenvalue weighted by molar-refractivity contribution is 7.47. The summed E-state index contributed by atoms with van der Waals surface area (Å²) in [6.45, 7) is 2.72. The number of phosphoric acid groups is 1. The number of carboxylic acids is 1. The van der Waals surface area contributed by atoms with Gasteiger partial charge in [0.15, 0.2) is 6.10 Å². The largest absolute Gasteiger partial charge is 0.480 e. The second kappa shape index (κ2) is 35.6. The predicted molar refractivity (Wildman–Crippen MR) is 226 cm³/mol. The van der Waals surface area contributed by atoms with Gasteiger partial charge in [0.05, 0.1) is 25.4 Å². The molecule has 5 atom stereocenters. The number of carbonyl (C=O) groups excluding carboxylic acids is 2. The molecule has 0 radical (unpaired) electrons. The smallest absolute Gasteiger partial charge is 0.472 e. The lowest BCUT2D eigenvalue weighted by Crippen LogP contribution is -2.34. The minimum atomic E-state index is -4.73. The molecule has 4 N–H and O–H groups in total. The van der Waals surface area contributed by atoms with E-state index in [1.165, 1.54) is 64.2 Å². The third kappa shape index (κ3) is 33.2. The van der Waals surface area contributed by atoms with Gasteiger partial charge in [0.2, 0.25) is 0 Å². The topological polar surface area (TPSA) is 184 Å². The maximum atomic E-state index is 12.6. The van der Waals surface area contributed by atoms with Crippen molar-refractivity contribution in [2.45, 2.75) is 205 Å². The van der Waals surface area contributed by atoms with Crippen LogP contribution in [0, 0.1) is 0 Å².